The fourth-order valence-electron chi connectivity index (χ4n) is 1.99. The second-order valence-electron chi connectivity index (χ2n) is 4.24. The minimum absolute atomic E-state index is 0.0681. The van der Waals surface area contributed by atoms with Gasteiger partial charge in [-0.25, -0.2) is 8.78 Å². The second kappa shape index (κ2) is 4.58. The van der Waals surface area contributed by atoms with E-state index in [1.165, 1.54) is 12.1 Å². The SMILES string of the molecule is CN(c1c(F)cc(CCl)cc1F)C1CCC1. The summed E-state index contributed by atoms with van der Waals surface area (Å²) in [5.74, 6) is -0.920. The van der Waals surface area contributed by atoms with Crippen LogP contribution in [0.3, 0.4) is 0 Å². The van der Waals surface area contributed by atoms with E-state index in [2.05, 4.69) is 0 Å². The molecular weight excluding hydrogens is 232 g/mol. The van der Waals surface area contributed by atoms with Crippen LogP contribution in [-0.2, 0) is 5.88 Å². The maximum atomic E-state index is 13.7. The molecule has 1 aromatic rings. The van der Waals surface area contributed by atoms with E-state index in [0.717, 1.165) is 19.3 Å². The van der Waals surface area contributed by atoms with Crippen molar-refractivity contribution in [2.75, 3.05) is 11.9 Å². The van der Waals surface area contributed by atoms with Crippen LogP contribution in [0.4, 0.5) is 14.5 Å². The van der Waals surface area contributed by atoms with Crippen LogP contribution in [0.5, 0.6) is 0 Å². The molecule has 0 saturated heterocycles. The smallest absolute Gasteiger partial charge is 0.149 e. The van der Waals surface area contributed by atoms with Gasteiger partial charge in [0.15, 0.2) is 0 Å². The van der Waals surface area contributed by atoms with Gasteiger partial charge in [-0.3, -0.25) is 0 Å². The van der Waals surface area contributed by atoms with Crippen LogP contribution in [0, 0.1) is 11.6 Å². The first-order chi connectivity index (χ1) is 7.63. The van der Waals surface area contributed by atoms with Gasteiger partial charge in [-0.05, 0) is 37.0 Å². The molecule has 0 heterocycles. The van der Waals surface area contributed by atoms with Crippen molar-refractivity contribution >= 4 is 17.3 Å². The van der Waals surface area contributed by atoms with Crippen LogP contribution in [0.1, 0.15) is 24.8 Å². The molecule has 0 aliphatic heterocycles. The van der Waals surface area contributed by atoms with E-state index in [0.29, 0.717) is 5.56 Å². The average molecular weight is 246 g/mol. The molecule has 0 unspecified atom stereocenters. The zero-order chi connectivity index (χ0) is 11.7. The predicted octanol–water partition coefficient (Wildman–Crippen LogP) is 3.69. The van der Waals surface area contributed by atoms with Gasteiger partial charge >= 0.3 is 0 Å². The van der Waals surface area contributed by atoms with Gasteiger partial charge in [-0.1, -0.05) is 0 Å². The number of nitrogens with zero attached hydrogens (tertiary/aromatic N) is 1. The number of rotatable bonds is 3. The van der Waals surface area contributed by atoms with Crippen molar-refractivity contribution in [1.82, 2.24) is 0 Å². The third-order valence-corrected chi connectivity index (χ3v) is 3.51. The van der Waals surface area contributed by atoms with Crippen LogP contribution in [0.15, 0.2) is 12.1 Å². The summed E-state index contributed by atoms with van der Waals surface area (Å²) in [6.45, 7) is 0. The number of halogens is 3. The van der Waals surface area contributed by atoms with E-state index in [4.69, 9.17) is 11.6 Å². The molecule has 1 aliphatic rings. The maximum absolute atomic E-state index is 13.7. The predicted molar refractivity (Wildman–Crippen MR) is 62.0 cm³/mol. The summed E-state index contributed by atoms with van der Waals surface area (Å²) in [5.41, 5.74) is 0.543. The molecule has 0 spiro atoms. The molecule has 1 nitrogen and oxygen atoms in total. The Balaban J connectivity index is 2.32. The van der Waals surface area contributed by atoms with Crippen molar-refractivity contribution in [1.29, 1.82) is 0 Å². The topological polar surface area (TPSA) is 3.24 Å². The Hall–Kier alpha value is -0.830. The summed E-state index contributed by atoms with van der Waals surface area (Å²) in [5, 5.41) is 0. The molecular formula is C12H14ClF2N. The molecule has 4 heteroatoms. The van der Waals surface area contributed by atoms with E-state index in [9.17, 15) is 8.78 Å². The summed E-state index contributed by atoms with van der Waals surface area (Å²) in [4.78, 5) is 1.70. The molecule has 1 fully saturated rings. The van der Waals surface area contributed by atoms with E-state index in [1.807, 2.05) is 0 Å². The zero-order valence-electron chi connectivity index (χ0n) is 9.14. The molecule has 16 heavy (non-hydrogen) atoms. The lowest BCUT2D eigenvalue weighted by Crippen LogP contribution is -2.38. The van der Waals surface area contributed by atoms with Crippen LogP contribution < -0.4 is 4.90 Å². The van der Waals surface area contributed by atoms with Crippen molar-refractivity contribution in [2.24, 2.45) is 0 Å². The fourth-order valence-corrected chi connectivity index (χ4v) is 2.14. The van der Waals surface area contributed by atoms with Gasteiger partial charge in [0.2, 0.25) is 0 Å². The van der Waals surface area contributed by atoms with E-state index in [-0.39, 0.29) is 17.6 Å². The van der Waals surface area contributed by atoms with Crippen LogP contribution in [0.25, 0.3) is 0 Å². The summed E-state index contributed by atoms with van der Waals surface area (Å²) >= 11 is 5.56. The normalized spacial score (nSPS) is 16.0. The number of benzene rings is 1. The van der Waals surface area contributed by atoms with E-state index >= 15 is 0 Å². The fraction of sp³-hybridized carbons (Fsp3) is 0.500. The first-order valence-electron chi connectivity index (χ1n) is 5.40. The maximum Gasteiger partial charge on any atom is 0.149 e. The molecule has 88 valence electrons. The highest BCUT2D eigenvalue weighted by Crippen LogP contribution is 2.32. The van der Waals surface area contributed by atoms with Crippen molar-refractivity contribution < 1.29 is 8.78 Å². The largest absolute Gasteiger partial charge is 0.367 e. The monoisotopic (exact) mass is 245 g/mol. The number of alkyl halides is 1. The van der Waals surface area contributed by atoms with E-state index in [1.54, 1.807) is 11.9 Å². The molecule has 0 N–H and O–H groups in total. The molecule has 0 aromatic heterocycles. The number of hydrogen-bond donors (Lipinski definition) is 0. The zero-order valence-corrected chi connectivity index (χ0v) is 9.90. The first kappa shape index (κ1) is 11.6. The molecule has 2 rings (SSSR count). The second-order valence-corrected chi connectivity index (χ2v) is 4.50. The number of hydrogen-bond acceptors (Lipinski definition) is 1. The van der Waals surface area contributed by atoms with E-state index < -0.39 is 11.6 Å². The van der Waals surface area contributed by atoms with Gasteiger partial charge in [-0.2, -0.15) is 0 Å². The molecule has 0 amide bonds. The lowest BCUT2D eigenvalue weighted by Gasteiger charge is -2.36. The van der Waals surface area contributed by atoms with Crippen LogP contribution in [-0.4, -0.2) is 13.1 Å². The highest BCUT2D eigenvalue weighted by molar-refractivity contribution is 6.17. The Kier molecular flexibility index (Phi) is 3.33. The Morgan fingerprint density at radius 3 is 2.25 bits per heavy atom. The van der Waals surface area contributed by atoms with Crippen LogP contribution >= 0.6 is 11.6 Å². The summed E-state index contributed by atoms with van der Waals surface area (Å²) in [6, 6.07) is 2.88. The van der Waals surface area contributed by atoms with Gasteiger partial charge in [0.1, 0.15) is 17.3 Å². The third-order valence-electron chi connectivity index (χ3n) is 3.21. The van der Waals surface area contributed by atoms with Crippen LogP contribution in [0.2, 0.25) is 0 Å². The van der Waals surface area contributed by atoms with Crippen molar-refractivity contribution in [3.8, 4) is 0 Å². The van der Waals surface area contributed by atoms with Crippen molar-refractivity contribution in [3.63, 3.8) is 0 Å². The Morgan fingerprint density at radius 2 is 1.88 bits per heavy atom. The Morgan fingerprint density at radius 1 is 1.31 bits per heavy atom. The lowest BCUT2D eigenvalue weighted by atomic mass is 9.91. The minimum Gasteiger partial charge on any atom is -0.367 e. The van der Waals surface area contributed by atoms with Crippen molar-refractivity contribution in [3.05, 3.63) is 29.3 Å². The van der Waals surface area contributed by atoms with Crippen molar-refractivity contribution in [2.45, 2.75) is 31.2 Å². The highest BCUT2D eigenvalue weighted by atomic mass is 35.5. The molecule has 1 aliphatic carbocycles. The number of anilines is 1. The average Bonchev–Trinajstić information content (AvgIpc) is 2.13. The quantitative estimate of drug-likeness (QED) is 0.734. The molecule has 0 radical (unpaired) electrons. The van der Waals surface area contributed by atoms with Gasteiger partial charge in [-0.15, -0.1) is 11.6 Å². The minimum atomic E-state index is -0.523. The van der Waals surface area contributed by atoms with Gasteiger partial charge in [0.05, 0.1) is 0 Å². The standard InChI is InChI=1S/C12H14ClF2N/c1-16(9-3-2-4-9)12-10(14)5-8(7-13)6-11(12)15/h5-6,9H,2-4,7H2,1H3. The molecule has 0 bridgehead atoms. The van der Waals surface area contributed by atoms with Gasteiger partial charge < -0.3 is 4.90 Å². The lowest BCUT2D eigenvalue weighted by molar-refractivity contribution is 0.393. The first-order valence-corrected chi connectivity index (χ1v) is 5.93. The molecule has 1 saturated carbocycles. The summed E-state index contributed by atoms with van der Waals surface area (Å²) in [7, 11) is 1.74. The molecule has 0 atom stereocenters. The molecule has 1 aromatic carbocycles. The summed E-state index contributed by atoms with van der Waals surface area (Å²) < 4.78 is 27.5. The van der Waals surface area contributed by atoms with Gasteiger partial charge in [0, 0.05) is 19.0 Å². The highest BCUT2D eigenvalue weighted by Gasteiger charge is 2.26. The summed E-state index contributed by atoms with van der Waals surface area (Å²) in [6.07, 6.45) is 3.15. The Labute approximate surface area is 99.0 Å². The van der Waals surface area contributed by atoms with Gasteiger partial charge in [0.25, 0.3) is 0 Å². The third kappa shape index (κ3) is 2.01. The Bertz CT molecular complexity index is 368.